The highest BCUT2D eigenvalue weighted by Gasteiger charge is 2.41. The molecular formula is C29H47ClN2O3. The molecule has 1 saturated carbocycles. The van der Waals surface area contributed by atoms with Gasteiger partial charge in [-0.05, 0) is 81.6 Å². The van der Waals surface area contributed by atoms with E-state index in [1.165, 1.54) is 32.1 Å². The van der Waals surface area contributed by atoms with Crippen molar-refractivity contribution in [2.75, 3.05) is 40.4 Å². The molecule has 2 fully saturated rings. The molecule has 1 heterocycles. The molecule has 1 amide bonds. The molecule has 1 aliphatic carbocycles. The van der Waals surface area contributed by atoms with Gasteiger partial charge in [-0.3, -0.25) is 4.79 Å². The first-order valence-electron chi connectivity index (χ1n) is 13.9. The minimum atomic E-state index is -0.996. The molecule has 198 valence electrons. The normalized spacial score (nSPS) is 22.1. The van der Waals surface area contributed by atoms with E-state index in [0.29, 0.717) is 36.9 Å². The molecule has 5 nitrogen and oxygen atoms in total. The number of rotatable bonds is 13. The molecule has 2 N–H and O–H groups in total. The molecule has 0 spiro atoms. The predicted molar refractivity (Wildman–Crippen MR) is 144 cm³/mol. The number of nitrogens with zero attached hydrogens (tertiary/aromatic N) is 1. The highest BCUT2D eigenvalue weighted by atomic mass is 35.5. The third-order valence-electron chi connectivity index (χ3n) is 8.28. The number of nitrogens with one attached hydrogen (secondary N) is 1. The zero-order valence-electron chi connectivity index (χ0n) is 21.9. The lowest BCUT2D eigenvalue weighted by atomic mass is 9.74. The van der Waals surface area contributed by atoms with Crippen LogP contribution in [0.2, 0.25) is 5.02 Å². The van der Waals surface area contributed by atoms with Gasteiger partial charge in [0.05, 0.1) is 5.60 Å². The maximum absolute atomic E-state index is 13.5. The quantitative estimate of drug-likeness (QED) is 0.333. The highest BCUT2D eigenvalue weighted by molar-refractivity contribution is 6.30. The second-order valence-electron chi connectivity index (χ2n) is 10.9. The van der Waals surface area contributed by atoms with E-state index in [2.05, 4.69) is 5.32 Å². The second-order valence-corrected chi connectivity index (χ2v) is 11.4. The molecule has 0 aromatic heterocycles. The van der Waals surface area contributed by atoms with Gasteiger partial charge in [0.15, 0.2) is 0 Å². The Balaban J connectivity index is 1.67. The van der Waals surface area contributed by atoms with E-state index in [1.54, 1.807) is 7.11 Å². The van der Waals surface area contributed by atoms with Crippen LogP contribution in [0.25, 0.3) is 0 Å². The minimum absolute atomic E-state index is 0.00214. The number of benzene rings is 1. The van der Waals surface area contributed by atoms with Crippen LogP contribution in [0.4, 0.5) is 0 Å². The Morgan fingerprint density at radius 2 is 2.03 bits per heavy atom. The van der Waals surface area contributed by atoms with E-state index in [1.807, 2.05) is 36.2 Å². The summed E-state index contributed by atoms with van der Waals surface area (Å²) in [6.07, 6.45) is 12.7. The minimum Gasteiger partial charge on any atom is -0.385 e. The number of carbonyl (C=O) groups is 1. The summed E-state index contributed by atoms with van der Waals surface area (Å²) in [4.78, 5) is 15.5. The summed E-state index contributed by atoms with van der Waals surface area (Å²) in [5.74, 6) is 1.40. The summed E-state index contributed by atoms with van der Waals surface area (Å²) in [5.41, 5.74) is -0.128. The van der Waals surface area contributed by atoms with Gasteiger partial charge < -0.3 is 20.1 Å². The lowest BCUT2D eigenvalue weighted by Crippen LogP contribution is -2.48. The topological polar surface area (TPSA) is 61.8 Å². The lowest BCUT2D eigenvalue weighted by Gasteiger charge is -2.43. The number of piperidine rings is 1. The maximum Gasteiger partial charge on any atom is 0.222 e. The standard InChI is InChI=1S/C29H47ClN2O3/c1-31-21-24(18-23-10-4-3-5-11-23)19-28(33)32-16-9-13-26(22-32)29(34,15-6-7-17-35-2)25-12-8-14-27(30)20-25/h8,12,14,20,23-24,26,31,34H,3-7,9-11,13,15-19,21-22H2,1-2H3/t24?,26?,29-/m1/s1. The first kappa shape index (κ1) is 28.4. The molecule has 0 bridgehead atoms. The van der Waals surface area contributed by atoms with Crippen LogP contribution in [0.3, 0.4) is 0 Å². The zero-order valence-corrected chi connectivity index (χ0v) is 22.7. The van der Waals surface area contributed by atoms with Gasteiger partial charge in [0, 0.05) is 44.2 Å². The van der Waals surface area contributed by atoms with Gasteiger partial charge in [0.2, 0.25) is 5.91 Å². The monoisotopic (exact) mass is 506 g/mol. The number of unbranched alkanes of at least 4 members (excludes halogenated alkanes) is 1. The van der Waals surface area contributed by atoms with Crippen molar-refractivity contribution < 1.29 is 14.6 Å². The fourth-order valence-electron chi connectivity index (χ4n) is 6.37. The number of aliphatic hydroxyl groups is 1. The van der Waals surface area contributed by atoms with Crippen LogP contribution in [0.5, 0.6) is 0 Å². The second kappa shape index (κ2) is 14.6. The largest absolute Gasteiger partial charge is 0.385 e. The molecule has 1 aliphatic heterocycles. The van der Waals surface area contributed by atoms with E-state index >= 15 is 0 Å². The summed E-state index contributed by atoms with van der Waals surface area (Å²) in [5, 5.41) is 16.0. The van der Waals surface area contributed by atoms with Crippen LogP contribution in [0.1, 0.15) is 82.6 Å². The van der Waals surface area contributed by atoms with Crippen LogP contribution in [0.15, 0.2) is 24.3 Å². The molecule has 1 saturated heterocycles. The van der Waals surface area contributed by atoms with Crippen molar-refractivity contribution >= 4 is 17.5 Å². The molecule has 3 rings (SSSR count). The third kappa shape index (κ3) is 8.45. The van der Waals surface area contributed by atoms with Gasteiger partial charge in [-0.1, -0.05) is 55.8 Å². The first-order chi connectivity index (χ1) is 17.0. The van der Waals surface area contributed by atoms with Gasteiger partial charge >= 0.3 is 0 Å². The molecule has 35 heavy (non-hydrogen) atoms. The summed E-state index contributed by atoms with van der Waals surface area (Å²) in [7, 11) is 3.70. The smallest absolute Gasteiger partial charge is 0.222 e. The van der Waals surface area contributed by atoms with Crippen LogP contribution >= 0.6 is 11.6 Å². The van der Waals surface area contributed by atoms with Gasteiger partial charge in [0.25, 0.3) is 0 Å². The van der Waals surface area contributed by atoms with Gasteiger partial charge in [-0.2, -0.15) is 0 Å². The number of amides is 1. The third-order valence-corrected chi connectivity index (χ3v) is 8.51. The van der Waals surface area contributed by atoms with Gasteiger partial charge in [-0.25, -0.2) is 0 Å². The summed E-state index contributed by atoms with van der Waals surface area (Å²) >= 11 is 6.32. The van der Waals surface area contributed by atoms with Crippen molar-refractivity contribution in [2.24, 2.45) is 17.8 Å². The number of likely N-dealkylation sites (tertiary alicyclic amines) is 1. The number of halogens is 1. The van der Waals surface area contributed by atoms with E-state index in [-0.39, 0.29) is 11.8 Å². The van der Waals surface area contributed by atoms with Crippen molar-refractivity contribution in [3.8, 4) is 0 Å². The number of carbonyl (C=O) groups excluding carboxylic acids is 1. The average Bonchev–Trinajstić information content (AvgIpc) is 2.87. The summed E-state index contributed by atoms with van der Waals surface area (Å²) in [6, 6.07) is 7.64. The molecule has 2 aliphatic rings. The molecule has 1 aromatic rings. The molecule has 6 heteroatoms. The van der Waals surface area contributed by atoms with Crippen LogP contribution in [0, 0.1) is 17.8 Å². The SMILES string of the molecule is CNCC(CC(=O)N1CCCC([C@@](O)(CCCCOC)c2cccc(Cl)c2)C1)CC1CCCCC1. The predicted octanol–water partition coefficient (Wildman–Crippen LogP) is 5.78. The Labute approximate surface area is 217 Å². The van der Waals surface area contributed by atoms with Crippen LogP contribution in [-0.2, 0) is 15.1 Å². The number of methoxy groups -OCH3 is 1. The average molecular weight is 507 g/mol. The van der Waals surface area contributed by atoms with Crippen LogP contribution < -0.4 is 5.32 Å². The molecule has 2 unspecified atom stereocenters. The Bertz CT molecular complexity index is 770. The fraction of sp³-hybridized carbons (Fsp3) is 0.759. The molecule has 1 aromatic carbocycles. The molecule has 0 radical (unpaired) electrons. The maximum atomic E-state index is 13.5. The van der Waals surface area contributed by atoms with E-state index in [0.717, 1.165) is 56.7 Å². The van der Waals surface area contributed by atoms with Gasteiger partial charge in [0.1, 0.15) is 0 Å². The Morgan fingerprint density at radius 3 is 2.74 bits per heavy atom. The number of ether oxygens (including phenoxy) is 1. The molecular weight excluding hydrogens is 460 g/mol. The van der Waals surface area contributed by atoms with E-state index in [4.69, 9.17) is 16.3 Å². The van der Waals surface area contributed by atoms with E-state index < -0.39 is 5.60 Å². The number of hydrogen-bond donors (Lipinski definition) is 2. The summed E-state index contributed by atoms with van der Waals surface area (Å²) in [6.45, 7) is 2.99. The van der Waals surface area contributed by atoms with Crippen LogP contribution in [-0.4, -0.2) is 56.3 Å². The number of hydrogen-bond acceptors (Lipinski definition) is 4. The van der Waals surface area contributed by atoms with E-state index in [9.17, 15) is 9.90 Å². The first-order valence-corrected chi connectivity index (χ1v) is 14.2. The fourth-order valence-corrected chi connectivity index (χ4v) is 6.56. The van der Waals surface area contributed by atoms with Crippen molar-refractivity contribution in [3.63, 3.8) is 0 Å². The van der Waals surface area contributed by atoms with Crippen molar-refractivity contribution in [2.45, 2.75) is 82.7 Å². The Morgan fingerprint density at radius 1 is 1.23 bits per heavy atom. The van der Waals surface area contributed by atoms with Crippen molar-refractivity contribution in [3.05, 3.63) is 34.9 Å². The molecule has 3 atom stereocenters. The Hall–Kier alpha value is -1.14. The van der Waals surface area contributed by atoms with Gasteiger partial charge in [-0.15, -0.1) is 0 Å². The highest BCUT2D eigenvalue weighted by Crippen LogP contribution is 2.41. The van der Waals surface area contributed by atoms with Crippen molar-refractivity contribution in [1.82, 2.24) is 10.2 Å². The Kier molecular flexibility index (Phi) is 11.8. The summed E-state index contributed by atoms with van der Waals surface area (Å²) < 4.78 is 5.23. The lowest BCUT2D eigenvalue weighted by molar-refractivity contribution is -0.138. The zero-order chi connectivity index (χ0) is 25.1. The van der Waals surface area contributed by atoms with Crippen molar-refractivity contribution in [1.29, 1.82) is 0 Å².